The number of hydrogen-bond acceptors (Lipinski definition) is 1. The summed E-state index contributed by atoms with van der Waals surface area (Å²) >= 11 is 6.06. The maximum absolute atomic E-state index is 13.8. The molecule has 2 rings (SSSR count). The van der Waals surface area contributed by atoms with Crippen molar-refractivity contribution in [1.82, 2.24) is 0 Å². The summed E-state index contributed by atoms with van der Waals surface area (Å²) in [5.41, 5.74) is 8.05. The third-order valence-electron chi connectivity index (χ3n) is 3.79. The Morgan fingerprint density at radius 3 is 2.79 bits per heavy atom. The van der Waals surface area contributed by atoms with E-state index in [1.54, 1.807) is 12.1 Å². The Morgan fingerprint density at radius 2 is 2.00 bits per heavy atom. The van der Waals surface area contributed by atoms with Crippen molar-refractivity contribution in [2.24, 2.45) is 5.73 Å². The maximum atomic E-state index is 13.8. The van der Waals surface area contributed by atoms with Gasteiger partial charge in [-0.2, -0.15) is 0 Å². The molecule has 0 saturated heterocycles. The molecule has 0 amide bonds. The first-order chi connectivity index (χ1) is 9.18. The van der Waals surface area contributed by atoms with E-state index in [0.29, 0.717) is 17.0 Å². The maximum Gasteiger partial charge on any atom is 0.127 e. The molecule has 19 heavy (non-hydrogen) atoms. The molecule has 1 nitrogen and oxygen atoms in total. The van der Waals surface area contributed by atoms with Crippen LogP contribution in [0.25, 0.3) is 0 Å². The van der Waals surface area contributed by atoms with Crippen molar-refractivity contribution in [2.45, 2.75) is 51.0 Å². The topological polar surface area (TPSA) is 26.0 Å². The molecule has 1 atom stereocenters. The lowest BCUT2D eigenvalue weighted by atomic mass is 9.92. The summed E-state index contributed by atoms with van der Waals surface area (Å²) in [6.45, 7) is 0. The first-order valence-corrected chi connectivity index (χ1v) is 7.43. The Balaban J connectivity index is 2.09. The summed E-state index contributed by atoms with van der Waals surface area (Å²) < 4.78 is 13.8. The molecule has 0 bridgehead atoms. The Hall–Kier alpha value is -0.860. The van der Waals surface area contributed by atoms with Gasteiger partial charge in [0, 0.05) is 16.6 Å². The van der Waals surface area contributed by atoms with E-state index in [1.807, 2.05) is 0 Å². The highest BCUT2D eigenvalue weighted by Gasteiger charge is 2.15. The highest BCUT2D eigenvalue weighted by atomic mass is 35.5. The van der Waals surface area contributed by atoms with E-state index in [9.17, 15) is 4.39 Å². The molecule has 1 aliphatic rings. The summed E-state index contributed by atoms with van der Waals surface area (Å²) in [5, 5.41) is 0.474. The van der Waals surface area contributed by atoms with E-state index in [1.165, 1.54) is 37.3 Å². The van der Waals surface area contributed by atoms with E-state index in [4.69, 9.17) is 17.3 Å². The van der Waals surface area contributed by atoms with E-state index in [-0.39, 0.29) is 11.9 Å². The first-order valence-electron chi connectivity index (χ1n) is 7.06. The van der Waals surface area contributed by atoms with Crippen LogP contribution >= 0.6 is 11.6 Å². The average molecular weight is 282 g/mol. The third kappa shape index (κ3) is 4.05. The molecule has 0 saturated carbocycles. The second-order valence-corrected chi connectivity index (χ2v) is 5.65. The summed E-state index contributed by atoms with van der Waals surface area (Å²) in [7, 11) is 0. The van der Waals surface area contributed by atoms with Crippen LogP contribution in [-0.2, 0) is 6.42 Å². The van der Waals surface area contributed by atoms with E-state index >= 15 is 0 Å². The van der Waals surface area contributed by atoms with Crippen LogP contribution in [0.1, 0.15) is 44.1 Å². The highest BCUT2D eigenvalue weighted by Crippen LogP contribution is 2.24. The summed E-state index contributed by atoms with van der Waals surface area (Å²) in [6, 6.07) is 4.68. The molecule has 0 radical (unpaired) electrons. The van der Waals surface area contributed by atoms with Gasteiger partial charge in [-0.3, -0.25) is 0 Å². The number of halogens is 2. The largest absolute Gasteiger partial charge is 0.324 e. The van der Waals surface area contributed by atoms with Crippen LogP contribution in [0.3, 0.4) is 0 Å². The molecule has 3 heteroatoms. The van der Waals surface area contributed by atoms with Crippen molar-refractivity contribution < 1.29 is 4.39 Å². The predicted molar refractivity (Wildman–Crippen MR) is 78.9 cm³/mol. The molecule has 2 N–H and O–H groups in total. The van der Waals surface area contributed by atoms with Crippen molar-refractivity contribution >= 4 is 11.6 Å². The monoisotopic (exact) mass is 281 g/mol. The first kappa shape index (κ1) is 14.5. The molecule has 104 valence electrons. The smallest absolute Gasteiger partial charge is 0.127 e. The Kier molecular flexibility index (Phi) is 5.41. The molecule has 0 spiro atoms. The van der Waals surface area contributed by atoms with Gasteiger partial charge in [-0.15, -0.1) is 0 Å². The number of hydrogen-bond donors (Lipinski definition) is 1. The Labute approximate surface area is 119 Å². The summed E-state index contributed by atoms with van der Waals surface area (Å²) in [4.78, 5) is 0. The van der Waals surface area contributed by atoms with Gasteiger partial charge in [0.15, 0.2) is 0 Å². The minimum absolute atomic E-state index is 0.118. The minimum Gasteiger partial charge on any atom is -0.324 e. The van der Waals surface area contributed by atoms with Crippen molar-refractivity contribution in [3.05, 3.63) is 46.3 Å². The molecule has 1 unspecified atom stereocenters. The molecule has 1 aliphatic carbocycles. The number of benzene rings is 1. The molecule has 1 aromatic carbocycles. The third-order valence-corrected chi connectivity index (χ3v) is 4.14. The minimum atomic E-state index is -0.255. The quantitative estimate of drug-likeness (QED) is 0.803. The van der Waals surface area contributed by atoms with Crippen molar-refractivity contribution in [3.8, 4) is 0 Å². The standard InChI is InChI=1S/C16H21ClFN/c17-14-9-6-10-15(18)13(14)11-16(19)12-7-4-2-1-3-5-8-12/h6-7,9-10,16H,1-5,8,11,19H2/b12-7+. The molecule has 0 aliphatic heterocycles. The van der Waals surface area contributed by atoms with Crippen molar-refractivity contribution in [1.29, 1.82) is 0 Å². The van der Waals surface area contributed by atoms with Gasteiger partial charge in [0.25, 0.3) is 0 Å². The fourth-order valence-electron chi connectivity index (χ4n) is 2.63. The number of nitrogens with two attached hydrogens (primary N) is 1. The van der Waals surface area contributed by atoms with E-state index in [0.717, 1.165) is 12.8 Å². The lowest BCUT2D eigenvalue weighted by Crippen LogP contribution is -2.26. The second kappa shape index (κ2) is 7.06. The van der Waals surface area contributed by atoms with Crippen LogP contribution in [0.5, 0.6) is 0 Å². The van der Waals surface area contributed by atoms with E-state index < -0.39 is 0 Å². The fraction of sp³-hybridized carbons (Fsp3) is 0.500. The molecule has 0 aromatic heterocycles. The van der Waals surface area contributed by atoms with Gasteiger partial charge >= 0.3 is 0 Å². The van der Waals surface area contributed by atoms with Gasteiger partial charge in [0.05, 0.1) is 0 Å². The fourth-order valence-corrected chi connectivity index (χ4v) is 2.87. The van der Waals surface area contributed by atoms with Crippen LogP contribution in [0.4, 0.5) is 4.39 Å². The van der Waals surface area contributed by atoms with Crippen LogP contribution < -0.4 is 5.73 Å². The second-order valence-electron chi connectivity index (χ2n) is 5.24. The number of rotatable bonds is 3. The lowest BCUT2D eigenvalue weighted by molar-refractivity contribution is 0.576. The molecular formula is C16H21ClFN. The summed E-state index contributed by atoms with van der Waals surface area (Å²) in [5.74, 6) is -0.255. The molecule has 0 heterocycles. The van der Waals surface area contributed by atoms with Gasteiger partial charge in [-0.25, -0.2) is 4.39 Å². The number of allylic oxidation sites excluding steroid dienone is 1. The molecular weight excluding hydrogens is 261 g/mol. The highest BCUT2D eigenvalue weighted by molar-refractivity contribution is 6.31. The van der Waals surface area contributed by atoms with Gasteiger partial charge < -0.3 is 5.73 Å². The van der Waals surface area contributed by atoms with Crippen molar-refractivity contribution in [2.75, 3.05) is 0 Å². The molecule has 1 aromatic rings. The van der Waals surface area contributed by atoms with Crippen LogP contribution in [0.2, 0.25) is 5.02 Å². The average Bonchev–Trinajstić information content (AvgIpc) is 2.33. The van der Waals surface area contributed by atoms with Gasteiger partial charge in [-0.05, 0) is 44.2 Å². The van der Waals surface area contributed by atoms with Crippen LogP contribution in [0, 0.1) is 5.82 Å². The SMILES string of the molecule is NC(Cc1c(F)cccc1Cl)/C1=C/CCCCCC1. The lowest BCUT2D eigenvalue weighted by Gasteiger charge is -2.19. The van der Waals surface area contributed by atoms with Gasteiger partial charge in [0.2, 0.25) is 0 Å². The Morgan fingerprint density at radius 1 is 1.21 bits per heavy atom. The van der Waals surface area contributed by atoms with Gasteiger partial charge in [0.1, 0.15) is 5.82 Å². The Bertz CT molecular complexity index is 436. The molecule has 0 fully saturated rings. The normalized spacial score (nSPS) is 21.1. The van der Waals surface area contributed by atoms with Crippen molar-refractivity contribution in [3.63, 3.8) is 0 Å². The zero-order chi connectivity index (χ0) is 13.7. The zero-order valence-electron chi connectivity index (χ0n) is 11.2. The summed E-state index contributed by atoms with van der Waals surface area (Å²) in [6.07, 6.45) is 9.85. The van der Waals surface area contributed by atoms with Crippen LogP contribution in [-0.4, -0.2) is 6.04 Å². The van der Waals surface area contributed by atoms with E-state index in [2.05, 4.69) is 6.08 Å². The predicted octanol–water partition coefficient (Wildman–Crippen LogP) is 4.63. The van der Waals surface area contributed by atoms with Gasteiger partial charge in [-0.1, -0.05) is 42.2 Å². The van der Waals surface area contributed by atoms with Crippen LogP contribution in [0.15, 0.2) is 29.8 Å². The zero-order valence-corrected chi connectivity index (χ0v) is 11.9.